The van der Waals surface area contributed by atoms with Gasteiger partial charge in [0.05, 0.1) is 0 Å². The summed E-state index contributed by atoms with van der Waals surface area (Å²) in [7, 11) is 2.14. The van der Waals surface area contributed by atoms with Gasteiger partial charge in [0.25, 0.3) is 0 Å². The van der Waals surface area contributed by atoms with Crippen LogP contribution in [0.5, 0.6) is 0 Å². The Balaban J connectivity index is 2.31. The van der Waals surface area contributed by atoms with E-state index in [0.717, 1.165) is 32.6 Å². The van der Waals surface area contributed by atoms with Crippen LogP contribution in [0, 0.1) is 5.92 Å². The number of nitrogens with one attached hydrogen (secondary N) is 1. The minimum atomic E-state index is 0.0941. The first-order valence-corrected chi connectivity index (χ1v) is 6.27. The molecule has 0 aromatic heterocycles. The molecule has 0 aromatic carbocycles. The molecular formula is C12H25N3O. The van der Waals surface area contributed by atoms with E-state index in [1.165, 1.54) is 0 Å². The topological polar surface area (TPSA) is 35.6 Å². The van der Waals surface area contributed by atoms with Crippen molar-refractivity contribution in [2.24, 2.45) is 5.92 Å². The highest BCUT2D eigenvalue weighted by Crippen LogP contribution is 2.17. The molecule has 0 spiro atoms. The van der Waals surface area contributed by atoms with Crippen molar-refractivity contribution in [3.05, 3.63) is 0 Å². The van der Waals surface area contributed by atoms with Gasteiger partial charge in [-0.15, -0.1) is 0 Å². The lowest BCUT2D eigenvalue weighted by atomic mass is 10.1. The summed E-state index contributed by atoms with van der Waals surface area (Å²) >= 11 is 0. The van der Waals surface area contributed by atoms with Crippen molar-refractivity contribution in [3.8, 4) is 0 Å². The van der Waals surface area contributed by atoms with Crippen molar-refractivity contribution in [3.63, 3.8) is 0 Å². The predicted octanol–water partition coefficient (Wildman–Crippen LogP) is 1.38. The molecule has 1 rings (SSSR count). The van der Waals surface area contributed by atoms with Gasteiger partial charge in [-0.25, -0.2) is 4.79 Å². The monoisotopic (exact) mass is 227 g/mol. The fourth-order valence-electron chi connectivity index (χ4n) is 2.07. The van der Waals surface area contributed by atoms with Gasteiger partial charge in [0, 0.05) is 25.7 Å². The number of nitrogens with zero attached hydrogens (tertiary/aromatic N) is 2. The molecule has 0 aromatic rings. The van der Waals surface area contributed by atoms with Gasteiger partial charge in [-0.1, -0.05) is 6.92 Å². The minimum Gasteiger partial charge on any atom is -0.336 e. The lowest BCUT2D eigenvalue weighted by molar-refractivity contribution is 0.202. The number of carbonyl (C=O) groups is 1. The molecule has 1 fully saturated rings. The molecule has 1 aliphatic rings. The molecule has 0 unspecified atom stereocenters. The van der Waals surface area contributed by atoms with Gasteiger partial charge >= 0.3 is 6.03 Å². The Morgan fingerprint density at radius 1 is 1.56 bits per heavy atom. The number of amides is 2. The second-order valence-corrected chi connectivity index (χ2v) is 5.06. The normalized spacial score (nSPS) is 20.9. The molecule has 0 radical (unpaired) electrons. The Kier molecular flexibility index (Phi) is 5.06. The molecule has 1 saturated heterocycles. The van der Waals surface area contributed by atoms with E-state index in [1.54, 1.807) is 0 Å². The Labute approximate surface area is 99.0 Å². The van der Waals surface area contributed by atoms with Crippen LogP contribution in [0.3, 0.4) is 0 Å². The Morgan fingerprint density at radius 2 is 2.25 bits per heavy atom. The van der Waals surface area contributed by atoms with E-state index in [9.17, 15) is 4.79 Å². The third-order valence-corrected chi connectivity index (χ3v) is 3.09. The number of carbonyl (C=O) groups excluding carboxylic acids is 1. The Bertz CT molecular complexity index is 230. The molecule has 1 heterocycles. The summed E-state index contributed by atoms with van der Waals surface area (Å²) in [5, 5.41) is 2.95. The third-order valence-electron chi connectivity index (χ3n) is 3.09. The number of likely N-dealkylation sites (tertiary alicyclic amines) is 1. The maximum atomic E-state index is 11.8. The zero-order valence-corrected chi connectivity index (χ0v) is 11.0. The predicted molar refractivity (Wildman–Crippen MR) is 66.5 cm³/mol. The molecule has 4 nitrogen and oxygen atoms in total. The molecule has 0 bridgehead atoms. The van der Waals surface area contributed by atoms with E-state index in [1.807, 2.05) is 18.7 Å². The van der Waals surface area contributed by atoms with Crippen LogP contribution in [0.4, 0.5) is 4.79 Å². The summed E-state index contributed by atoms with van der Waals surface area (Å²) in [5.74, 6) is 0.642. The van der Waals surface area contributed by atoms with E-state index < -0.39 is 0 Å². The quantitative estimate of drug-likeness (QED) is 0.787. The molecule has 4 heteroatoms. The zero-order chi connectivity index (χ0) is 12.1. The molecule has 2 amide bonds. The summed E-state index contributed by atoms with van der Waals surface area (Å²) < 4.78 is 0. The van der Waals surface area contributed by atoms with Crippen LogP contribution in [0.15, 0.2) is 0 Å². The van der Waals surface area contributed by atoms with E-state index in [0.29, 0.717) is 5.92 Å². The molecule has 0 saturated carbocycles. The van der Waals surface area contributed by atoms with E-state index in [-0.39, 0.29) is 12.1 Å². The summed E-state index contributed by atoms with van der Waals surface area (Å²) in [6.07, 6.45) is 1.13. The van der Waals surface area contributed by atoms with Crippen LogP contribution in [0.25, 0.3) is 0 Å². The summed E-state index contributed by atoms with van der Waals surface area (Å²) in [6.45, 7) is 10.1. The van der Waals surface area contributed by atoms with Crippen molar-refractivity contribution in [1.29, 1.82) is 0 Å². The number of hydrogen-bond donors (Lipinski definition) is 1. The third kappa shape index (κ3) is 4.00. The van der Waals surface area contributed by atoms with Crippen LogP contribution in [0.1, 0.15) is 27.2 Å². The Morgan fingerprint density at radius 3 is 2.81 bits per heavy atom. The summed E-state index contributed by atoms with van der Waals surface area (Å²) in [6, 6.07) is 0.321. The second-order valence-electron chi connectivity index (χ2n) is 5.06. The fourth-order valence-corrected chi connectivity index (χ4v) is 2.07. The first kappa shape index (κ1) is 13.3. The second kappa shape index (κ2) is 6.09. The molecule has 16 heavy (non-hydrogen) atoms. The van der Waals surface area contributed by atoms with Crippen molar-refractivity contribution < 1.29 is 4.79 Å². The molecule has 94 valence electrons. The van der Waals surface area contributed by atoms with Crippen LogP contribution >= 0.6 is 0 Å². The van der Waals surface area contributed by atoms with Gasteiger partial charge in [0.15, 0.2) is 0 Å². The molecular weight excluding hydrogens is 202 g/mol. The van der Waals surface area contributed by atoms with E-state index in [2.05, 4.69) is 24.2 Å². The maximum Gasteiger partial charge on any atom is 0.317 e. The van der Waals surface area contributed by atoms with Gasteiger partial charge in [-0.05, 0) is 39.8 Å². The molecule has 1 aliphatic heterocycles. The van der Waals surface area contributed by atoms with Gasteiger partial charge in [-0.2, -0.15) is 0 Å². The van der Waals surface area contributed by atoms with Crippen LogP contribution in [0.2, 0.25) is 0 Å². The van der Waals surface area contributed by atoms with Crippen molar-refractivity contribution in [2.75, 3.05) is 33.2 Å². The van der Waals surface area contributed by atoms with E-state index >= 15 is 0 Å². The van der Waals surface area contributed by atoms with Crippen LogP contribution in [-0.4, -0.2) is 55.1 Å². The van der Waals surface area contributed by atoms with Crippen molar-refractivity contribution in [2.45, 2.75) is 33.2 Å². The molecule has 1 atom stereocenters. The SMILES string of the molecule is CCN(C)C[C@@H]1CCN(C(=O)NC(C)C)C1. The minimum absolute atomic E-state index is 0.0941. The van der Waals surface area contributed by atoms with Crippen LogP contribution < -0.4 is 5.32 Å². The highest BCUT2D eigenvalue weighted by atomic mass is 16.2. The maximum absolute atomic E-state index is 11.8. The van der Waals surface area contributed by atoms with Crippen molar-refractivity contribution in [1.82, 2.24) is 15.1 Å². The van der Waals surface area contributed by atoms with Gasteiger partial charge < -0.3 is 15.1 Å². The molecule has 0 aliphatic carbocycles. The number of rotatable bonds is 4. The highest BCUT2D eigenvalue weighted by molar-refractivity contribution is 5.74. The first-order valence-electron chi connectivity index (χ1n) is 6.27. The highest BCUT2D eigenvalue weighted by Gasteiger charge is 2.26. The average Bonchev–Trinajstić information content (AvgIpc) is 2.65. The summed E-state index contributed by atoms with van der Waals surface area (Å²) in [4.78, 5) is 16.0. The van der Waals surface area contributed by atoms with Crippen LogP contribution in [-0.2, 0) is 0 Å². The summed E-state index contributed by atoms with van der Waals surface area (Å²) in [5.41, 5.74) is 0. The lowest BCUT2D eigenvalue weighted by Gasteiger charge is -2.21. The van der Waals surface area contributed by atoms with Crippen molar-refractivity contribution >= 4 is 6.03 Å². The van der Waals surface area contributed by atoms with E-state index in [4.69, 9.17) is 0 Å². The smallest absolute Gasteiger partial charge is 0.317 e. The van der Waals surface area contributed by atoms with Gasteiger partial charge in [0.2, 0.25) is 0 Å². The standard InChI is InChI=1S/C12H25N3O/c1-5-14(4)8-11-6-7-15(9-11)12(16)13-10(2)3/h10-11H,5-9H2,1-4H3,(H,13,16)/t11-/m0/s1. The number of hydrogen-bond acceptors (Lipinski definition) is 2. The average molecular weight is 227 g/mol. The fraction of sp³-hybridized carbons (Fsp3) is 0.917. The van der Waals surface area contributed by atoms with Gasteiger partial charge in [-0.3, -0.25) is 0 Å². The lowest BCUT2D eigenvalue weighted by Crippen LogP contribution is -2.42. The zero-order valence-electron chi connectivity index (χ0n) is 11.0. The van der Waals surface area contributed by atoms with Gasteiger partial charge in [0.1, 0.15) is 0 Å². The largest absolute Gasteiger partial charge is 0.336 e. The number of urea groups is 1. The Hall–Kier alpha value is -0.770. The molecule has 1 N–H and O–H groups in total. The first-order chi connectivity index (χ1) is 7.52.